The van der Waals surface area contributed by atoms with E-state index in [-0.39, 0.29) is 17.7 Å². The van der Waals surface area contributed by atoms with E-state index >= 15 is 0 Å². The van der Waals surface area contributed by atoms with E-state index in [1.807, 2.05) is 0 Å². The molecule has 2 N–H and O–H groups in total. The molecule has 0 radical (unpaired) electrons. The molecule has 2 atom stereocenters. The molecule has 3 nitrogen and oxygen atoms in total. The molecule has 19 heavy (non-hydrogen) atoms. The van der Waals surface area contributed by atoms with Crippen molar-refractivity contribution < 1.29 is 9.21 Å². The number of carbonyl (C=O) groups is 1. The van der Waals surface area contributed by atoms with E-state index in [1.54, 1.807) is 24.3 Å². The highest BCUT2D eigenvalue weighted by molar-refractivity contribution is 6.31. The van der Waals surface area contributed by atoms with Crippen molar-refractivity contribution >= 4 is 28.4 Å². The van der Waals surface area contributed by atoms with Crippen molar-refractivity contribution in [3.05, 3.63) is 35.0 Å². The molecule has 2 unspecified atom stereocenters. The molecule has 2 aromatic rings. The van der Waals surface area contributed by atoms with Crippen molar-refractivity contribution in [3.8, 4) is 0 Å². The Hall–Kier alpha value is -1.32. The number of hydrogen-bond donors (Lipinski definition) is 1. The van der Waals surface area contributed by atoms with E-state index in [4.69, 9.17) is 21.8 Å². The number of nitrogens with two attached hydrogens (primary N) is 1. The van der Waals surface area contributed by atoms with Gasteiger partial charge in [0.1, 0.15) is 5.58 Å². The second kappa shape index (κ2) is 4.99. The van der Waals surface area contributed by atoms with Crippen LogP contribution in [0.5, 0.6) is 0 Å². The van der Waals surface area contributed by atoms with E-state index in [2.05, 4.69) is 0 Å². The fourth-order valence-electron chi connectivity index (χ4n) is 2.80. The van der Waals surface area contributed by atoms with Crippen LogP contribution in [0.1, 0.15) is 36.2 Å². The fourth-order valence-corrected chi connectivity index (χ4v) is 2.98. The Balaban J connectivity index is 1.92. The van der Waals surface area contributed by atoms with Gasteiger partial charge >= 0.3 is 0 Å². The zero-order valence-electron chi connectivity index (χ0n) is 10.6. The number of furan rings is 1. The van der Waals surface area contributed by atoms with Crippen molar-refractivity contribution in [2.45, 2.75) is 31.7 Å². The summed E-state index contributed by atoms with van der Waals surface area (Å²) < 4.78 is 5.62. The third-order valence-corrected chi connectivity index (χ3v) is 4.11. The second-order valence-electron chi connectivity index (χ2n) is 5.21. The van der Waals surface area contributed by atoms with Gasteiger partial charge in [0, 0.05) is 22.4 Å². The second-order valence-corrected chi connectivity index (χ2v) is 5.65. The molecule has 3 rings (SSSR count). The Bertz CT molecular complexity index is 620. The van der Waals surface area contributed by atoms with Crippen molar-refractivity contribution in [2.24, 2.45) is 11.7 Å². The molecule has 100 valence electrons. The molecule has 1 heterocycles. The van der Waals surface area contributed by atoms with Gasteiger partial charge in [-0.25, -0.2) is 0 Å². The predicted octanol–water partition coefficient (Wildman–Crippen LogP) is 3.79. The summed E-state index contributed by atoms with van der Waals surface area (Å²) in [7, 11) is 0. The van der Waals surface area contributed by atoms with Crippen LogP contribution in [0.25, 0.3) is 11.0 Å². The van der Waals surface area contributed by atoms with Crippen LogP contribution in [0.3, 0.4) is 0 Å². The highest BCUT2D eigenvalue weighted by Crippen LogP contribution is 2.29. The minimum atomic E-state index is -0.107. The number of fused-ring (bicyclic) bond motifs is 1. The highest BCUT2D eigenvalue weighted by Gasteiger charge is 2.30. The molecule has 0 bridgehead atoms. The maximum atomic E-state index is 12.5. The van der Waals surface area contributed by atoms with E-state index in [1.165, 1.54) is 0 Å². The lowest BCUT2D eigenvalue weighted by atomic mass is 9.81. The quantitative estimate of drug-likeness (QED) is 0.850. The lowest BCUT2D eigenvalue weighted by Gasteiger charge is -2.26. The summed E-state index contributed by atoms with van der Waals surface area (Å²) in [6.07, 6.45) is 3.96. The average Bonchev–Trinajstić information content (AvgIpc) is 2.81. The molecule has 1 aliphatic carbocycles. The zero-order chi connectivity index (χ0) is 13.4. The molecular weight excluding hydrogens is 262 g/mol. The summed E-state index contributed by atoms with van der Waals surface area (Å²) in [5.74, 6) is 0.323. The van der Waals surface area contributed by atoms with Crippen molar-refractivity contribution in [2.75, 3.05) is 0 Å². The van der Waals surface area contributed by atoms with Crippen LogP contribution in [0.15, 0.2) is 28.7 Å². The van der Waals surface area contributed by atoms with Gasteiger partial charge in [-0.1, -0.05) is 24.4 Å². The molecule has 0 saturated heterocycles. The molecule has 1 saturated carbocycles. The summed E-state index contributed by atoms with van der Waals surface area (Å²) in [6, 6.07) is 7.07. The first-order valence-corrected chi connectivity index (χ1v) is 7.02. The van der Waals surface area contributed by atoms with Gasteiger partial charge < -0.3 is 10.2 Å². The molecule has 0 amide bonds. The third kappa shape index (κ3) is 2.40. The lowest BCUT2D eigenvalue weighted by Crippen LogP contribution is -2.37. The van der Waals surface area contributed by atoms with Gasteiger partial charge in [-0.15, -0.1) is 0 Å². The molecule has 0 aliphatic heterocycles. The molecule has 1 fully saturated rings. The number of halogens is 1. The van der Waals surface area contributed by atoms with Gasteiger partial charge in [-0.3, -0.25) is 4.79 Å². The van der Waals surface area contributed by atoms with E-state index in [0.29, 0.717) is 16.4 Å². The third-order valence-electron chi connectivity index (χ3n) is 3.88. The summed E-state index contributed by atoms with van der Waals surface area (Å²) in [5, 5.41) is 1.50. The maximum Gasteiger partial charge on any atom is 0.202 e. The van der Waals surface area contributed by atoms with Crippen molar-refractivity contribution in [1.82, 2.24) is 0 Å². The molecular formula is C15H16ClNO2. The van der Waals surface area contributed by atoms with Crippen molar-refractivity contribution in [1.29, 1.82) is 0 Å². The number of rotatable bonds is 2. The topological polar surface area (TPSA) is 56.2 Å². The predicted molar refractivity (Wildman–Crippen MR) is 75.5 cm³/mol. The Morgan fingerprint density at radius 2 is 2.05 bits per heavy atom. The Morgan fingerprint density at radius 3 is 2.84 bits per heavy atom. The molecule has 1 aromatic carbocycles. The first kappa shape index (κ1) is 12.7. The van der Waals surface area contributed by atoms with Crippen molar-refractivity contribution in [3.63, 3.8) is 0 Å². The fraction of sp³-hybridized carbons (Fsp3) is 0.400. The number of ketones is 1. The summed E-state index contributed by atoms with van der Waals surface area (Å²) in [6.45, 7) is 0. The zero-order valence-corrected chi connectivity index (χ0v) is 11.3. The average molecular weight is 278 g/mol. The highest BCUT2D eigenvalue weighted by atomic mass is 35.5. The first-order valence-electron chi connectivity index (χ1n) is 6.64. The standard InChI is InChI=1S/C15H16ClNO2/c16-10-5-6-13-9(7-10)8-14(19-13)15(18)11-3-1-2-4-12(11)17/h5-8,11-12H,1-4,17H2. The van der Waals surface area contributed by atoms with Gasteiger partial charge in [-0.2, -0.15) is 0 Å². The van der Waals surface area contributed by atoms with Crippen LogP contribution in [-0.4, -0.2) is 11.8 Å². The Kier molecular flexibility index (Phi) is 3.33. The van der Waals surface area contributed by atoms with Crippen LogP contribution in [-0.2, 0) is 0 Å². The Morgan fingerprint density at radius 1 is 1.26 bits per heavy atom. The first-order chi connectivity index (χ1) is 9.15. The summed E-state index contributed by atoms with van der Waals surface area (Å²) >= 11 is 5.93. The van der Waals surface area contributed by atoms with Crippen LogP contribution >= 0.6 is 11.6 Å². The van der Waals surface area contributed by atoms with Gasteiger partial charge in [0.15, 0.2) is 5.76 Å². The minimum Gasteiger partial charge on any atom is -0.453 e. The number of carbonyl (C=O) groups excluding carboxylic acids is 1. The number of hydrogen-bond acceptors (Lipinski definition) is 3. The molecule has 1 aromatic heterocycles. The minimum absolute atomic E-state index is 0.0273. The van der Waals surface area contributed by atoms with Gasteiger partial charge in [0.2, 0.25) is 5.78 Å². The van der Waals surface area contributed by atoms with Crippen LogP contribution < -0.4 is 5.73 Å². The number of benzene rings is 1. The van der Waals surface area contributed by atoms with E-state index in [0.717, 1.165) is 31.1 Å². The monoisotopic (exact) mass is 277 g/mol. The lowest BCUT2D eigenvalue weighted by molar-refractivity contribution is 0.0844. The maximum absolute atomic E-state index is 12.5. The van der Waals surface area contributed by atoms with E-state index in [9.17, 15) is 4.79 Å². The molecule has 1 aliphatic rings. The van der Waals surface area contributed by atoms with Crippen LogP contribution in [0.4, 0.5) is 0 Å². The smallest absolute Gasteiger partial charge is 0.202 e. The van der Waals surface area contributed by atoms with Crippen LogP contribution in [0.2, 0.25) is 5.02 Å². The van der Waals surface area contributed by atoms with Gasteiger partial charge in [0.25, 0.3) is 0 Å². The van der Waals surface area contributed by atoms with E-state index < -0.39 is 0 Å². The summed E-state index contributed by atoms with van der Waals surface area (Å²) in [4.78, 5) is 12.5. The van der Waals surface area contributed by atoms with Gasteiger partial charge in [0.05, 0.1) is 0 Å². The largest absolute Gasteiger partial charge is 0.453 e. The Labute approximate surface area is 116 Å². The summed E-state index contributed by atoms with van der Waals surface area (Å²) in [5.41, 5.74) is 6.74. The molecule has 0 spiro atoms. The molecule has 4 heteroatoms. The number of Topliss-reactive ketones (excluding diaryl/α,β-unsaturated/α-hetero) is 1. The normalized spacial score (nSPS) is 23.7. The van der Waals surface area contributed by atoms with Gasteiger partial charge in [-0.05, 0) is 37.1 Å². The van der Waals surface area contributed by atoms with Crippen LogP contribution in [0, 0.1) is 5.92 Å². The SMILES string of the molecule is NC1CCCCC1C(=O)c1cc2cc(Cl)ccc2o1.